The summed E-state index contributed by atoms with van der Waals surface area (Å²) in [4.78, 5) is 26.4. The van der Waals surface area contributed by atoms with Gasteiger partial charge in [0, 0.05) is 16.4 Å². The van der Waals surface area contributed by atoms with Crippen LogP contribution in [0.25, 0.3) is 0 Å². The Hall–Kier alpha value is -2.08. The van der Waals surface area contributed by atoms with Gasteiger partial charge in [-0.15, -0.1) is 0 Å². The van der Waals surface area contributed by atoms with Crippen molar-refractivity contribution in [2.45, 2.75) is 6.92 Å². The molecule has 0 aliphatic carbocycles. The highest BCUT2D eigenvalue weighted by Crippen LogP contribution is 2.19. The van der Waals surface area contributed by atoms with E-state index < -0.39 is 5.97 Å². The summed E-state index contributed by atoms with van der Waals surface area (Å²) in [7, 11) is 1.32. The second-order valence-electron chi connectivity index (χ2n) is 4.21. The van der Waals surface area contributed by atoms with E-state index in [4.69, 9.17) is 0 Å². The molecule has 6 heteroatoms. The normalized spacial score (nSPS) is 10.2. The van der Waals surface area contributed by atoms with Crippen LogP contribution >= 0.6 is 15.9 Å². The number of nitrogens with one attached hydrogen (secondary N) is 2. The topological polar surface area (TPSA) is 71.2 Å². The number of carbonyl (C=O) groups is 2. The van der Waals surface area contributed by atoms with Crippen LogP contribution in [0.4, 0.5) is 5.69 Å². The summed E-state index contributed by atoms with van der Waals surface area (Å²) in [6.07, 6.45) is 1.67. The average molecular weight is 337 g/mol. The van der Waals surface area contributed by atoms with Gasteiger partial charge in [0.2, 0.25) is 0 Å². The fourth-order valence-corrected chi connectivity index (χ4v) is 2.03. The highest BCUT2D eigenvalue weighted by molar-refractivity contribution is 9.10. The van der Waals surface area contributed by atoms with Gasteiger partial charge in [-0.1, -0.05) is 6.07 Å². The van der Waals surface area contributed by atoms with E-state index in [1.807, 2.05) is 6.92 Å². The first-order valence-electron chi connectivity index (χ1n) is 5.85. The molecule has 0 aliphatic heterocycles. The predicted molar refractivity (Wildman–Crippen MR) is 79.0 cm³/mol. The van der Waals surface area contributed by atoms with Crippen LogP contribution in [0.5, 0.6) is 0 Å². The fraction of sp³-hybridized carbons (Fsp3) is 0.143. The number of aromatic amines is 1. The standard InChI is InChI=1S/C14H13BrN2O3/c1-8-3-4-9(14(19)20-2)5-11(8)17-13(18)12-6-10(15)7-16-12/h3-7,16H,1-2H3,(H,17,18). The summed E-state index contributed by atoms with van der Waals surface area (Å²) < 4.78 is 5.45. The molecule has 20 heavy (non-hydrogen) atoms. The molecule has 0 saturated carbocycles. The molecule has 1 amide bonds. The van der Waals surface area contributed by atoms with Gasteiger partial charge in [0.15, 0.2) is 0 Å². The Kier molecular flexibility index (Phi) is 4.24. The quantitative estimate of drug-likeness (QED) is 0.846. The van der Waals surface area contributed by atoms with Gasteiger partial charge in [0.1, 0.15) is 5.69 Å². The van der Waals surface area contributed by atoms with Crippen molar-refractivity contribution in [1.82, 2.24) is 4.98 Å². The zero-order chi connectivity index (χ0) is 14.7. The van der Waals surface area contributed by atoms with Crippen LogP contribution in [-0.2, 0) is 4.74 Å². The van der Waals surface area contributed by atoms with Crippen LogP contribution in [0.2, 0.25) is 0 Å². The number of aryl methyl sites for hydroxylation is 1. The van der Waals surface area contributed by atoms with Crippen LogP contribution < -0.4 is 5.32 Å². The first-order chi connectivity index (χ1) is 9.51. The molecule has 0 aliphatic rings. The van der Waals surface area contributed by atoms with Crippen molar-refractivity contribution in [2.24, 2.45) is 0 Å². The molecule has 1 heterocycles. The lowest BCUT2D eigenvalue weighted by molar-refractivity contribution is 0.0600. The van der Waals surface area contributed by atoms with Crippen molar-refractivity contribution in [2.75, 3.05) is 12.4 Å². The summed E-state index contributed by atoms with van der Waals surface area (Å²) in [5.74, 6) is -0.719. The van der Waals surface area contributed by atoms with Crippen molar-refractivity contribution >= 4 is 33.5 Å². The maximum atomic E-state index is 12.1. The first-order valence-corrected chi connectivity index (χ1v) is 6.65. The third-order valence-electron chi connectivity index (χ3n) is 2.80. The monoisotopic (exact) mass is 336 g/mol. The molecule has 0 bridgehead atoms. The summed E-state index contributed by atoms with van der Waals surface area (Å²) in [5, 5.41) is 2.76. The first kappa shape index (κ1) is 14.3. The Balaban J connectivity index is 2.24. The van der Waals surface area contributed by atoms with Crippen molar-refractivity contribution in [3.05, 3.63) is 51.8 Å². The second kappa shape index (κ2) is 5.92. The third kappa shape index (κ3) is 3.08. The van der Waals surface area contributed by atoms with E-state index in [0.29, 0.717) is 16.9 Å². The van der Waals surface area contributed by atoms with Gasteiger partial charge in [-0.25, -0.2) is 4.79 Å². The van der Waals surface area contributed by atoms with Crippen molar-refractivity contribution in [3.63, 3.8) is 0 Å². The zero-order valence-electron chi connectivity index (χ0n) is 11.0. The predicted octanol–water partition coefficient (Wildman–Crippen LogP) is 3.12. The van der Waals surface area contributed by atoms with Gasteiger partial charge >= 0.3 is 5.97 Å². The molecular weight excluding hydrogens is 324 g/mol. The second-order valence-corrected chi connectivity index (χ2v) is 5.12. The zero-order valence-corrected chi connectivity index (χ0v) is 12.6. The van der Waals surface area contributed by atoms with E-state index in [1.54, 1.807) is 30.5 Å². The minimum absolute atomic E-state index is 0.277. The number of carbonyl (C=O) groups excluding carboxylic acids is 2. The molecule has 0 unspecified atom stereocenters. The van der Waals surface area contributed by atoms with Crippen LogP contribution in [0.1, 0.15) is 26.4 Å². The summed E-state index contributed by atoms with van der Waals surface area (Å²) in [6.45, 7) is 1.85. The Labute approximate surface area is 124 Å². The number of benzene rings is 1. The largest absolute Gasteiger partial charge is 0.465 e. The number of methoxy groups -OCH3 is 1. The Bertz CT molecular complexity index is 664. The van der Waals surface area contributed by atoms with Crippen molar-refractivity contribution < 1.29 is 14.3 Å². The number of esters is 1. The number of hydrogen-bond acceptors (Lipinski definition) is 3. The van der Waals surface area contributed by atoms with Gasteiger partial charge in [0.05, 0.1) is 12.7 Å². The van der Waals surface area contributed by atoms with Gasteiger partial charge in [0.25, 0.3) is 5.91 Å². The summed E-state index contributed by atoms with van der Waals surface area (Å²) in [5.41, 5.74) is 2.25. The maximum Gasteiger partial charge on any atom is 0.337 e. The average Bonchev–Trinajstić information content (AvgIpc) is 2.87. The van der Waals surface area contributed by atoms with Crippen molar-refractivity contribution in [3.8, 4) is 0 Å². The maximum absolute atomic E-state index is 12.1. The molecule has 0 spiro atoms. The van der Waals surface area contributed by atoms with Gasteiger partial charge in [-0.05, 0) is 46.6 Å². The lowest BCUT2D eigenvalue weighted by Crippen LogP contribution is -2.14. The number of H-pyrrole nitrogens is 1. The molecule has 2 N–H and O–H groups in total. The molecule has 5 nitrogen and oxygen atoms in total. The smallest absolute Gasteiger partial charge is 0.337 e. The van der Waals surface area contributed by atoms with Crippen molar-refractivity contribution in [1.29, 1.82) is 0 Å². The molecule has 104 valence electrons. The van der Waals surface area contributed by atoms with E-state index in [2.05, 4.69) is 31.0 Å². The Morgan fingerprint density at radius 2 is 2.05 bits per heavy atom. The summed E-state index contributed by atoms with van der Waals surface area (Å²) >= 11 is 3.27. The molecular formula is C14H13BrN2O3. The fourth-order valence-electron chi connectivity index (χ4n) is 1.69. The molecule has 2 rings (SSSR count). The SMILES string of the molecule is COC(=O)c1ccc(C)c(NC(=O)c2cc(Br)c[nH]2)c1. The van der Waals surface area contributed by atoms with E-state index in [0.717, 1.165) is 10.0 Å². The Morgan fingerprint density at radius 1 is 1.30 bits per heavy atom. The van der Waals surface area contributed by atoms with Gasteiger partial charge in [-0.3, -0.25) is 4.79 Å². The molecule has 1 aromatic carbocycles. The van der Waals surface area contributed by atoms with E-state index >= 15 is 0 Å². The molecule has 1 aromatic heterocycles. The van der Waals surface area contributed by atoms with Crippen LogP contribution in [0, 0.1) is 6.92 Å². The number of halogens is 1. The van der Waals surface area contributed by atoms with Gasteiger partial charge in [-0.2, -0.15) is 0 Å². The van der Waals surface area contributed by atoms with E-state index in [1.165, 1.54) is 7.11 Å². The highest BCUT2D eigenvalue weighted by Gasteiger charge is 2.12. The number of amides is 1. The van der Waals surface area contributed by atoms with Gasteiger partial charge < -0.3 is 15.0 Å². The molecule has 0 atom stereocenters. The molecule has 0 fully saturated rings. The van der Waals surface area contributed by atoms with Crippen LogP contribution in [0.3, 0.4) is 0 Å². The number of anilines is 1. The van der Waals surface area contributed by atoms with Crippen LogP contribution in [0.15, 0.2) is 34.9 Å². The number of hydrogen-bond donors (Lipinski definition) is 2. The van der Waals surface area contributed by atoms with E-state index in [-0.39, 0.29) is 5.91 Å². The number of ether oxygens (including phenoxy) is 1. The Morgan fingerprint density at radius 3 is 2.65 bits per heavy atom. The summed E-state index contributed by atoms with van der Waals surface area (Å²) in [6, 6.07) is 6.68. The number of rotatable bonds is 3. The molecule has 0 saturated heterocycles. The molecule has 0 radical (unpaired) electrons. The minimum atomic E-state index is -0.442. The molecule has 2 aromatic rings. The number of aromatic nitrogens is 1. The lowest BCUT2D eigenvalue weighted by atomic mass is 10.1. The lowest BCUT2D eigenvalue weighted by Gasteiger charge is -2.09. The third-order valence-corrected chi connectivity index (χ3v) is 3.26. The van der Waals surface area contributed by atoms with E-state index in [9.17, 15) is 9.59 Å². The highest BCUT2D eigenvalue weighted by atomic mass is 79.9. The minimum Gasteiger partial charge on any atom is -0.465 e. The van der Waals surface area contributed by atoms with Crippen LogP contribution in [-0.4, -0.2) is 24.0 Å².